The molecule has 0 aliphatic carbocycles. The molecule has 3 rings (SSSR count). The van der Waals surface area contributed by atoms with Gasteiger partial charge in [0.15, 0.2) is 23.1 Å². The first-order chi connectivity index (χ1) is 13.0. The van der Waals surface area contributed by atoms with E-state index in [0.717, 1.165) is 15.7 Å². The number of ether oxygens (including phenoxy) is 3. The molecule has 7 heteroatoms. The summed E-state index contributed by atoms with van der Waals surface area (Å²) in [7, 11) is 5.03. The molecule has 5 nitrogen and oxygen atoms in total. The molecule has 0 N–H and O–H groups in total. The average Bonchev–Trinajstić information content (AvgIpc) is 3.04. The van der Waals surface area contributed by atoms with Crippen LogP contribution in [0.4, 0.5) is 4.39 Å². The van der Waals surface area contributed by atoms with Crippen molar-refractivity contribution in [2.45, 2.75) is 6.92 Å². The van der Waals surface area contributed by atoms with E-state index in [4.69, 9.17) is 14.2 Å². The first kappa shape index (κ1) is 19.2. The summed E-state index contributed by atoms with van der Waals surface area (Å²) in [4.78, 5) is 4.51. The van der Waals surface area contributed by atoms with Crippen LogP contribution >= 0.6 is 15.9 Å². The Hall–Kier alpha value is -2.54. The smallest absolute Gasteiger partial charge is 0.174 e. The lowest BCUT2D eigenvalue weighted by molar-refractivity contribution is 0.321. The fourth-order valence-corrected chi connectivity index (χ4v) is 3.56. The monoisotopic (exact) mass is 434 g/mol. The minimum Gasteiger partial charge on any atom is -0.493 e. The van der Waals surface area contributed by atoms with E-state index in [0.29, 0.717) is 29.4 Å². The number of hydrogen-bond acceptors (Lipinski definition) is 4. The summed E-state index contributed by atoms with van der Waals surface area (Å²) in [5.74, 6) is 1.01. The Balaban J connectivity index is 2.14. The quantitative estimate of drug-likeness (QED) is 0.543. The van der Waals surface area contributed by atoms with Gasteiger partial charge in [-0.3, -0.25) is 0 Å². The number of rotatable bonds is 6. The Bertz CT molecular complexity index is 972. The molecular weight excluding hydrogens is 415 g/mol. The Kier molecular flexibility index (Phi) is 5.70. The van der Waals surface area contributed by atoms with E-state index >= 15 is 0 Å². The summed E-state index contributed by atoms with van der Waals surface area (Å²) in [6.07, 6.45) is 1.70. The molecule has 0 aliphatic rings. The van der Waals surface area contributed by atoms with Crippen LogP contribution in [0.2, 0.25) is 0 Å². The fourth-order valence-electron chi connectivity index (χ4n) is 2.96. The van der Waals surface area contributed by atoms with Crippen LogP contribution in [0.1, 0.15) is 6.92 Å². The van der Waals surface area contributed by atoms with Crippen LogP contribution in [0, 0.1) is 5.82 Å². The van der Waals surface area contributed by atoms with Crippen LogP contribution in [0.5, 0.6) is 17.2 Å². The summed E-state index contributed by atoms with van der Waals surface area (Å²) in [5.41, 5.74) is 3.03. The van der Waals surface area contributed by atoms with Crippen molar-refractivity contribution in [3.8, 4) is 39.8 Å². The second-order valence-electron chi connectivity index (χ2n) is 5.82. The lowest BCUT2D eigenvalue weighted by atomic mass is 10.0. The normalized spacial score (nSPS) is 10.7. The maximum atomic E-state index is 14.4. The molecule has 3 aromatic rings. The molecule has 1 heterocycles. The number of aromatic nitrogens is 2. The summed E-state index contributed by atoms with van der Waals surface area (Å²) in [6.45, 7) is 2.23. The van der Waals surface area contributed by atoms with Crippen molar-refractivity contribution in [3.05, 3.63) is 46.9 Å². The number of imidazole rings is 1. The van der Waals surface area contributed by atoms with Gasteiger partial charge in [-0.25, -0.2) is 9.37 Å². The van der Waals surface area contributed by atoms with Crippen molar-refractivity contribution in [2.24, 2.45) is 7.05 Å². The molecule has 142 valence electrons. The summed E-state index contributed by atoms with van der Waals surface area (Å²) < 4.78 is 33.1. The molecule has 0 unspecified atom stereocenters. The Labute approximate surface area is 165 Å². The Morgan fingerprint density at radius 2 is 1.85 bits per heavy atom. The molecule has 0 radical (unpaired) electrons. The van der Waals surface area contributed by atoms with Crippen molar-refractivity contribution in [1.82, 2.24) is 9.55 Å². The van der Waals surface area contributed by atoms with Gasteiger partial charge >= 0.3 is 0 Å². The minimum absolute atomic E-state index is 0.235. The molecule has 27 heavy (non-hydrogen) atoms. The minimum atomic E-state index is -0.407. The van der Waals surface area contributed by atoms with E-state index in [1.807, 2.05) is 36.7 Å². The van der Waals surface area contributed by atoms with E-state index in [9.17, 15) is 4.39 Å². The topological polar surface area (TPSA) is 45.5 Å². The number of nitrogens with zero attached hydrogens (tertiary/aromatic N) is 2. The summed E-state index contributed by atoms with van der Waals surface area (Å²) in [6, 6.07) is 8.67. The van der Waals surface area contributed by atoms with E-state index in [1.165, 1.54) is 6.07 Å². The Morgan fingerprint density at radius 1 is 1.07 bits per heavy atom. The predicted molar refractivity (Wildman–Crippen MR) is 106 cm³/mol. The van der Waals surface area contributed by atoms with Crippen LogP contribution < -0.4 is 14.2 Å². The van der Waals surface area contributed by atoms with Crippen molar-refractivity contribution in [3.63, 3.8) is 0 Å². The molecule has 0 bridgehead atoms. The van der Waals surface area contributed by atoms with Crippen LogP contribution in [-0.2, 0) is 7.05 Å². The van der Waals surface area contributed by atoms with E-state index in [-0.39, 0.29) is 5.75 Å². The molecule has 0 atom stereocenters. The SMILES string of the molecule is CCOc1ccc(-c2c(-c3cc(Br)c(OC)c(OC)c3)ncn2C)cc1F. The number of methoxy groups -OCH3 is 2. The van der Waals surface area contributed by atoms with Gasteiger partial charge in [-0.1, -0.05) is 0 Å². The van der Waals surface area contributed by atoms with Crippen LogP contribution in [0.15, 0.2) is 41.1 Å². The van der Waals surface area contributed by atoms with E-state index < -0.39 is 5.82 Å². The molecule has 0 saturated carbocycles. The number of hydrogen-bond donors (Lipinski definition) is 0. The first-order valence-corrected chi connectivity index (χ1v) is 9.15. The van der Waals surface area contributed by atoms with Gasteiger partial charge in [-0.05, 0) is 53.2 Å². The largest absolute Gasteiger partial charge is 0.493 e. The zero-order valence-electron chi connectivity index (χ0n) is 15.5. The van der Waals surface area contributed by atoms with Crippen LogP contribution in [0.3, 0.4) is 0 Å². The number of benzene rings is 2. The van der Waals surface area contributed by atoms with Gasteiger partial charge in [-0.15, -0.1) is 0 Å². The molecule has 0 fully saturated rings. The van der Waals surface area contributed by atoms with Crippen molar-refractivity contribution < 1.29 is 18.6 Å². The standard InChI is InChI=1S/C20H20BrFN2O3/c1-5-27-16-7-6-12(9-15(16)22)19-18(23-11-24(19)2)13-8-14(21)20(26-4)17(10-13)25-3/h6-11H,5H2,1-4H3. The van der Waals surface area contributed by atoms with Gasteiger partial charge < -0.3 is 18.8 Å². The van der Waals surface area contributed by atoms with Crippen molar-refractivity contribution in [1.29, 1.82) is 0 Å². The first-order valence-electron chi connectivity index (χ1n) is 8.36. The van der Waals surface area contributed by atoms with Crippen molar-refractivity contribution in [2.75, 3.05) is 20.8 Å². The van der Waals surface area contributed by atoms with Crippen LogP contribution in [0.25, 0.3) is 22.5 Å². The highest BCUT2D eigenvalue weighted by atomic mass is 79.9. The maximum Gasteiger partial charge on any atom is 0.174 e. The molecule has 1 aromatic heterocycles. The fraction of sp³-hybridized carbons (Fsp3) is 0.250. The summed E-state index contributed by atoms with van der Waals surface area (Å²) in [5, 5.41) is 0. The highest BCUT2D eigenvalue weighted by molar-refractivity contribution is 9.10. The predicted octanol–water partition coefficient (Wildman–Crippen LogP) is 5.07. The third-order valence-electron chi connectivity index (χ3n) is 4.15. The van der Waals surface area contributed by atoms with Crippen molar-refractivity contribution >= 4 is 15.9 Å². The zero-order valence-corrected chi connectivity index (χ0v) is 17.1. The van der Waals surface area contributed by atoms with E-state index in [1.54, 1.807) is 26.6 Å². The highest BCUT2D eigenvalue weighted by Gasteiger charge is 2.19. The Morgan fingerprint density at radius 3 is 2.48 bits per heavy atom. The molecule has 0 aliphatic heterocycles. The molecule has 0 spiro atoms. The molecule has 0 saturated heterocycles. The highest BCUT2D eigenvalue weighted by Crippen LogP contribution is 2.41. The van der Waals surface area contributed by atoms with Gasteiger partial charge in [0.25, 0.3) is 0 Å². The van der Waals surface area contributed by atoms with Gasteiger partial charge in [-0.2, -0.15) is 0 Å². The number of halogens is 2. The second kappa shape index (κ2) is 8.00. The van der Waals surface area contributed by atoms with Gasteiger partial charge in [0.1, 0.15) is 0 Å². The molecular formula is C20H20BrFN2O3. The zero-order chi connectivity index (χ0) is 19.6. The van der Waals surface area contributed by atoms with Gasteiger partial charge in [0.05, 0.1) is 43.0 Å². The maximum absolute atomic E-state index is 14.4. The van der Waals surface area contributed by atoms with Gasteiger partial charge in [0.2, 0.25) is 0 Å². The second-order valence-corrected chi connectivity index (χ2v) is 6.68. The third kappa shape index (κ3) is 3.64. The van der Waals surface area contributed by atoms with E-state index in [2.05, 4.69) is 20.9 Å². The molecule has 0 amide bonds. The van der Waals surface area contributed by atoms with Crippen LogP contribution in [-0.4, -0.2) is 30.4 Å². The lowest BCUT2D eigenvalue weighted by Crippen LogP contribution is -1.97. The third-order valence-corrected chi connectivity index (χ3v) is 4.74. The molecule has 2 aromatic carbocycles. The average molecular weight is 435 g/mol. The van der Waals surface area contributed by atoms with Gasteiger partial charge in [0, 0.05) is 18.2 Å². The lowest BCUT2D eigenvalue weighted by Gasteiger charge is -2.13. The summed E-state index contributed by atoms with van der Waals surface area (Å²) >= 11 is 3.51. The number of aryl methyl sites for hydroxylation is 1.